The minimum atomic E-state index is -0.970. The quantitative estimate of drug-likeness (QED) is 0.863. The normalized spacial score (nSPS) is 13.9. The molecule has 0 radical (unpaired) electrons. The second kappa shape index (κ2) is 6.54. The zero-order valence-corrected chi connectivity index (χ0v) is 11.7. The summed E-state index contributed by atoms with van der Waals surface area (Å²) in [6, 6.07) is 3.74. The van der Waals surface area contributed by atoms with E-state index in [0.717, 1.165) is 11.3 Å². The van der Waals surface area contributed by atoms with Gasteiger partial charge in [0.05, 0.1) is 5.92 Å². The Morgan fingerprint density at radius 1 is 1.44 bits per heavy atom. The molecule has 0 fully saturated rings. The van der Waals surface area contributed by atoms with E-state index in [-0.39, 0.29) is 24.4 Å². The molecule has 0 saturated heterocycles. The van der Waals surface area contributed by atoms with Crippen LogP contribution in [0.3, 0.4) is 0 Å². The van der Waals surface area contributed by atoms with Gasteiger partial charge in [0.1, 0.15) is 6.54 Å². The molecule has 0 aliphatic carbocycles. The molecule has 0 bridgehead atoms. The van der Waals surface area contributed by atoms with Crippen molar-refractivity contribution in [3.8, 4) is 0 Å². The number of hydrogen-bond acceptors (Lipinski definition) is 3. The molecule has 1 aromatic rings. The minimum absolute atomic E-state index is 0.0592. The lowest BCUT2D eigenvalue weighted by molar-refractivity contribution is -0.146. The summed E-state index contributed by atoms with van der Waals surface area (Å²) in [7, 11) is 0. The first kappa shape index (κ1) is 14.7. The predicted molar refractivity (Wildman–Crippen MR) is 71.8 cm³/mol. The molecular formula is C13H19NO3S. The third-order valence-corrected chi connectivity index (χ3v) is 4.11. The first-order chi connectivity index (χ1) is 8.47. The second-order valence-electron chi connectivity index (χ2n) is 4.35. The van der Waals surface area contributed by atoms with Crippen LogP contribution in [0.2, 0.25) is 0 Å². The van der Waals surface area contributed by atoms with Crippen molar-refractivity contribution in [2.75, 3.05) is 6.54 Å². The van der Waals surface area contributed by atoms with E-state index in [0.29, 0.717) is 0 Å². The van der Waals surface area contributed by atoms with Crippen molar-refractivity contribution < 1.29 is 14.7 Å². The third kappa shape index (κ3) is 3.57. The van der Waals surface area contributed by atoms with E-state index >= 15 is 0 Å². The zero-order chi connectivity index (χ0) is 13.7. The van der Waals surface area contributed by atoms with Gasteiger partial charge in [-0.25, -0.2) is 0 Å². The average Bonchev–Trinajstić information content (AvgIpc) is 2.86. The fraction of sp³-hybridized carbons (Fsp3) is 0.538. The molecule has 1 rings (SSSR count). The summed E-state index contributed by atoms with van der Waals surface area (Å²) < 4.78 is 0. The molecule has 0 aliphatic rings. The molecule has 0 aromatic carbocycles. The van der Waals surface area contributed by atoms with Gasteiger partial charge in [0.25, 0.3) is 0 Å². The molecule has 100 valence electrons. The number of amides is 1. The lowest BCUT2D eigenvalue weighted by Crippen LogP contribution is -2.43. The number of carboxylic acids is 1. The van der Waals surface area contributed by atoms with Gasteiger partial charge in [-0.15, -0.1) is 11.3 Å². The van der Waals surface area contributed by atoms with Gasteiger partial charge in [0.15, 0.2) is 0 Å². The fourth-order valence-corrected chi connectivity index (χ4v) is 2.50. The van der Waals surface area contributed by atoms with Crippen LogP contribution in [0.4, 0.5) is 0 Å². The summed E-state index contributed by atoms with van der Waals surface area (Å²) in [5.74, 6) is -1.37. The van der Waals surface area contributed by atoms with Crippen molar-refractivity contribution in [3.63, 3.8) is 0 Å². The SMILES string of the molecule is CC[C@@H](C)N(CC(=O)O)C(=O)[C@@H](C)c1cccs1. The molecule has 1 N–H and O–H groups in total. The van der Waals surface area contributed by atoms with Crippen LogP contribution in [0, 0.1) is 0 Å². The number of aliphatic carboxylic acids is 1. The minimum Gasteiger partial charge on any atom is -0.480 e. The van der Waals surface area contributed by atoms with E-state index in [2.05, 4.69) is 0 Å². The Hall–Kier alpha value is -1.36. The number of hydrogen-bond donors (Lipinski definition) is 1. The van der Waals surface area contributed by atoms with Crippen molar-refractivity contribution in [1.29, 1.82) is 0 Å². The van der Waals surface area contributed by atoms with Gasteiger partial charge in [-0.3, -0.25) is 9.59 Å². The third-order valence-electron chi connectivity index (χ3n) is 3.05. The Bertz CT molecular complexity index is 402. The van der Waals surface area contributed by atoms with Crippen LogP contribution in [0.15, 0.2) is 17.5 Å². The summed E-state index contributed by atoms with van der Waals surface area (Å²) in [5.41, 5.74) is 0. The maximum atomic E-state index is 12.3. The Kier molecular flexibility index (Phi) is 5.34. The summed E-state index contributed by atoms with van der Waals surface area (Å²) >= 11 is 1.52. The van der Waals surface area contributed by atoms with Crippen LogP contribution in [0.25, 0.3) is 0 Å². The van der Waals surface area contributed by atoms with Gasteiger partial charge >= 0.3 is 5.97 Å². The molecular weight excluding hydrogens is 250 g/mol. The highest BCUT2D eigenvalue weighted by Gasteiger charge is 2.27. The van der Waals surface area contributed by atoms with Crippen molar-refractivity contribution >= 4 is 23.2 Å². The van der Waals surface area contributed by atoms with Gasteiger partial charge < -0.3 is 10.0 Å². The molecule has 18 heavy (non-hydrogen) atoms. The maximum Gasteiger partial charge on any atom is 0.323 e. The topological polar surface area (TPSA) is 57.6 Å². The van der Waals surface area contributed by atoms with E-state index in [1.165, 1.54) is 16.2 Å². The second-order valence-corrected chi connectivity index (χ2v) is 5.33. The smallest absolute Gasteiger partial charge is 0.323 e. The van der Waals surface area contributed by atoms with E-state index in [4.69, 9.17) is 5.11 Å². The van der Waals surface area contributed by atoms with Gasteiger partial charge in [-0.2, -0.15) is 0 Å². The molecule has 1 amide bonds. The number of thiophene rings is 1. The maximum absolute atomic E-state index is 12.3. The molecule has 0 unspecified atom stereocenters. The van der Waals surface area contributed by atoms with E-state index in [1.54, 1.807) is 0 Å². The lowest BCUT2D eigenvalue weighted by Gasteiger charge is -2.29. The van der Waals surface area contributed by atoms with Crippen LogP contribution in [-0.2, 0) is 9.59 Å². The first-order valence-corrected chi connectivity index (χ1v) is 6.91. The number of nitrogens with zero attached hydrogens (tertiary/aromatic N) is 1. The first-order valence-electron chi connectivity index (χ1n) is 6.03. The predicted octanol–water partition coefficient (Wildman–Crippen LogP) is 2.56. The van der Waals surface area contributed by atoms with Gasteiger partial charge in [-0.05, 0) is 31.7 Å². The summed E-state index contributed by atoms with van der Waals surface area (Å²) in [4.78, 5) is 25.6. The molecule has 4 nitrogen and oxygen atoms in total. The summed E-state index contributed by atoms with van der Waals surface area (Å²) in [6.45, 7) is 5.42. The highest BCUT2D eigenvalue weighted by molar-refractivity contribution is 7.10. The van der Waals surface area contributed by atoms with E-state index in [9.17, 15) is 9.59 Å². The average molecular weight is 269 g/mol. The highest BCUT2D eigenvalue weighted by atomic mass is 32.1. The zero-order valence-electron chi connectivity index (χ0n) is 10.9. The Balaban J connectivity index is 2.84. The molecule has 2 atom stereocenters. The van der Waals surface area contributed by atoms with Gasteiger partial charge in [0.2, 0.25) is 5.91 Å². The van der Waals surface area contributed by atoms with Crippen molar-refractivity contribution in [3.05, 3.63) is 22.4 Å². The fourth-order valence-electron chi connectivity index (χ4n) is 1.73. The van der Waals surface area contributed by atoms with Crippen LogP contribution < -0.4 is 0 Å². The van der Waals surface area contributed by atoms with Crippen LogP contribution in [-0.4, -0.2) is 34.5 Å². The molecule has 1 aromatic heterocycles. The Morgan fingerprint density at radius 2 is 2.11 bits per heavy atom. The Morgan fingerprint density at radius 3 is 2.56 bits per heavy atom. The van der Waals surface area contributed by atoms with Crippen LogP contribution >= 0.6 is 11.3 Å². The number of carbonyl (C=O) groups excluding carboxylic acids is 1. The standard InChI is InChI=1S/C13H19NO3S/c1-4-9(2)14(8-12(15)16)13(17)10(3)11-6-5-7-18-11/h5-7,9-10H,4,8H2,1-3H3,(H,15,16)/t9-,10+/m1/s1. The van der Waals surface area contributed by atoms with Gasteiger partial charge in [-0.1, -0.05) is 13.0 Å². The monoisotopic (exact) mass is 269 g/mol. The van der Waals surface area contributed by atoms with Crippen molar-refractivity contribution in [2.24, 2.45) is 0 Å². The summed E-state index contributed by atoms with van der Waals surface area (Å²) in [5, 5.41) is 10.8. The number of carbonyl (C=O) groups is 2. The lowest BCUT2D eigenvalue weighted by atomic mass is 10.1. The van der Waals surface area contributed by atoms with E-state index < -0.39 is 5.97 Å². The van der Waals surface area contributed by atoms with Crippen LogP contribution in [0.1, 0.15) is 38.0 Å². The highest BCUT2D eigenvalue weighted by Crippen LogP contribution is 2.24. The molecule has 0 saturated carbocycles. The van der Waals surface area contributed by atoms with Crippen molar-refractivity contribution in [1.82, 2.24) is 4.90 Å². The molecule has 5 heteroatoms. The largest absolute Gasteiger partial charge is 0.480 e. The molecule has 0 aliphatic heterocycles. The Labute approximate surface area is 111 Å². The van der Waals surface area contributed by atoms with Crippen LogP contribution in [0.5, 0.6) is 0 Å². The molecule has 0 spiro atoms. The molecule has 1 heterocycles. The van der Waals surface area contributed by atoms with E-state index in [1.807, 2.05) is 38.3 Å². The summed E-state index contributed by atoms with van der Waals surface area (Å²) in [6.07, 6.45) is 0.746. The van der Waals surface area contributed by atoms with Gasteiger partial charge in [0, 0.05) is 10.9 Å². The number of rotatable bonds is 6. The van der Waals surface area contributed by atoms with Crippen molar-refractivity contribution in [2.45, 2.75) is 39.2 Å². The number of carboxylic acid groups (broad SMARTS) is 1.